The molecule has 19 heavy (non-hydrogen) atoms. The topological polar surface area (TPSA) is 15.3 Å². The molecule has 0 heterocycles. The standard InChI is InChI=1S/C17H30N2/c1-7-18-15(5)16-8-10-17(11-9-16)19(6)14(4)12-13(2)3/h8-11,13-15,18H,7,12H2,1-6H3. The fraction of sp³-hybridized carbons (Fsp3) is 0.647. The zero-order valence-electron chi connectivity index (χ0n) is 13.4. The lowest BCUT2D eigenvalue weighted by Crippen LogP contribution is -2.30. The van der Waals surface area contributed by atoms with E-state index < -0.39 is 0 Å². The largest absolute Gasteiger partial charge is 0.372 e. The Kier molecular flexibility index (Phi) is 6.36. The molecule has 108 valence electrons. The van der Waals surface area contributed by atoms with Crippen LogP contribution in [-0.2, 0) is 0 Å². The van der Waals surface area contributed by atoms with Crippen LogP contribution in [0.2, 0.25) is 0 Å². The molecule has 2 unspecified atom stereocenters. The van der Waals surface area contributed by atoms with E-state index in [4.69, 9.17) is 0 Å². The molecule has 0 saturated carbocycles. The summed E-state index contributed by atoms with van der Waals surface area (Å²) in [5, 5.41) is 3.45. The average Bonchev–Trinajstić information content (AvgIpc) is 2.37. The zero-order valence-corrected chi connectivity index (χ0v) is 13.4. The first-order valence-corrected chi connectivity index (χ1v) is 7.51. The SMILES string of the molecule is CCNC(C)c1ccc(N(C)C(C)CC(C)C)cc1. The van der Waals surface area contributed by atoms with Gasteiger partial charge < -0.3 is 10.2 Å². The molecule has 1 aromatic rings. The zero-order chi connectivity index (χ0) is 14.4. The number of benzene rings is 1. The minimum atomic E-state index is 0.428. The molecule has 0 aromatic heterocycles. The maximum absolute atomic E-state index is 3.45. The van der Waals surface area contributed by atoms with Crippen LogP contribution in [0.15, 0.2) is 24.3 Å². The van der Waals surface area contributed by atoms with Gasteiger partial charge in [-0.25, -0.2) is 0 Å². The Balaban J connectivity index is 2.69. The van der Waals surface area contributed by atoms with E-state index in [-0.39, 0.29) is 0 Å². The lowest BCUT2D eigenvalue weighted by molar-refractivity contribution is 0.504. The summed E-state index contributed by atoms with van der Waals surface area (Å²) in [6.45, 7) is 12.2. The molecule has 0 saturated heterocycles. The smallest absolute Gasteiger partial charge is 0.0366 e. The van der Waals surface area contributed by atoms with Gasteiger partial charge in [0.2, 0.25) is 0 Å². The number of nitrogens with zero attached hydrogens (tertiary/aromatic N) is 1. The molecule has 2 heteroatoms. The number of hydrogen-bond donors (Lipinski definition) is 1. The van der Waals surface area contributed by atoms with Crippen LogP contribution in [0.25, 0.3) is 0 Å². The molecular formula is C17H30N2. The van der Waals surface area contributed by atoms with Crippen molar-refractivity contribution >= 4 is 5.69 Å². The molecule has 0 aliphatic heterocycles. The summed E-state index contributed by atoms with van der Waals surface area (Å²) in [4.78, 5) is 2.38. The van der Waals surface area contributed by atoms with Crippen molar-refractivity contribution in [2.75, 3.05) is 18.5 Å². The third-order valence-corrected chi connectivity index (χ3v) is 3.78. The van der Waals surface area contributed by atoms with Crippen molar-refractivity contribution in [3.63, 3.8) is 0 Å². The molecule has 0 spiro atoms. The molecule has 0 aliphatic rings. The van der Waals surface area contributed by atoms with Gasteiger partial charge in [0.15, 0.2) is 0 Å². The van der Waals surface area contributed by atoms with Crippen molar-refractivity contribution in [1.29, 1.82) is 0 Å². The summed E-state index contributed by atoms with van der Waals surface area (Å²) in [6, 6.07) is 9.96. The van der Waals surface area contributed by atoms with Crippen LogP contribution in [0.5, 0.6) is 0 Å². The Morgan fingerprint density at radius 2 is 1.63 bits per heavy atom. The highest BCUT2D eigenvalue weighted by atomic mass is 15.1. The highest BCUT2D eigenvalue weighted by molar-refractivity contribution is 5.48. The lowest BCUT2D eigenvalue weighted by atomic mass is 10.0. The van der Waals surface area contributed by atoms with Crippen LogP contribution in [-0.4, -0.2) is 19.6 Å². The van der Waals surface area contributed by atoms with E-state index in [1.807, 2.05) is 0 Å². The van der Waals surface area contributed by atoms with E-state index in [9.17, 15) is 0 Å². The van der Waals surface area contributed by atoms with Gasteiger partial charge in [-0.15, -0.1) is 0 Å². The number of rotatable bonds is 7. The summed E-state index contributed by atoms with van der Waals surface area (Å²) in [5.41, 5.74) is 2.66. The van der Waals surface area contributed by atoms with E-state index in [2.05, 4.69) is 76.1 Å². The van der Waals surface area contributed by atoms with E-state index >= 15 is 0 Å². The molecular weight excluding hydrogens is 232 g/mol. The molecule has 1 N–H and O–H groups in total. The Hall–Kier alpha value is -1.02. The molecule has 0 radical (unpaired) electrons. The summed E-state index contributed by atoms with van der Waals surface area (Å²) >= 11 is 0. The van der Waals surface area contributed by atoms with Crippen LogP contribution >= 0.6 is 0 Å². The fourth-order valence-electron chi connectivity index (χ4n) is 2.52. The Morgan fingerprint density at radius 1 is 1.05 bits per heavy atom. The Morgan fingerprint density at radius 3 is 2.11 bits per heavy atom. The minimum absolute atomic E-state index is 0.428. The van der Waals surface area contributed by atoms with Crippen molar-refractivity contribution < 1.29 is 0 Å². The molecule has 1 rings (SSSR count). The van der Waals surface area contributed by atoms with Crippen LogP contribution in [0.3, 0.4) is 0 Å². The molecule has 0 aliphatic carbocycles. The van der Waals surface area contributed by atoms with Crippen molar-refractivity contribution in [1.82, 2.24) is 5.32 Å². The van der Waals surface area contributed by atoms with E-state index in [1.54, 1.807) is 0 Å². The number of hydrogen-bond acceptors (Lipinski definition) is 2. The third kappa shape index (κ3) is 4.87. The van der Waals surface area contributed by atoms with Gasteiger partial charge in [0.05, 0.1) is 0 Å². The first-order valence-electron chi connectivity index (χ1n) is 7.51. The van der Waals surface area contributed by atoms with Crippen molar-refractivity contribution in [2.45, 2.75) is 53.1 Å². The first kappa shape index (κ1) is 16.0. The minimum Gasteiger partial charge on any atom is -0.372 e. The van der Waals surface area contributed by atoms with Crippen LogP contribution in [0.1, 0.15) is 52.6 Å². The molecule has 0 fully saturated rings. The molecule has 0 bridgehead atoms. The Labute approximate surface area is 119 Å². The quantitative estimate of drug-likeness (QED) is 0.791. The van der Waals surface area contributed by atoms with Gasteiger partial charge in [0, 0.05) is 24.8 Å². The predicted octanol–water partition coefficient (Wildman–Crippen LogP) is 4.23. The molecule has 2 nitrogen and oxygen atoms in total. The summed E-state index contributed by atoms with van der Waals surface area (Å²) in [7, 11) is 2.19. The maximum Gasteiger partial charge on any atom is 0.0366 e. The van der Waals surface area contributed by atoms with E-state index in [1.165, 1.54) is 17.7 Å². The van der Waals surface area contributed by atoms with Crippen LogP contribution in [0.4, 0.5) is 5.69 Å². The molecule has 1 aromatic carbocycles. The monoisotopic (exact) mass is 262 g/mol. The van der Waals surface area contributed by atoms with E-state index in [0.29, 0.717) is 12.1 Å². The van der Waals surface area contributed by atoms with Gasteiger partial charge >= 0.3 is 0 Å². The fourth-order valence-corrected chi connectivity index (χ4v) is 2.52. The Bertz CT molecular complexity index is 356. The van der Waals surface area contributed by atoms with E-state index in [0.717, 1.165) is 12.5 Å². The van der Waals surface area contributed by atoms with Crippen molar-refractivity contribution in [3.05, 3.63) is 29.8 Å². The van der Waals surface area contributed by atoms with Gasteiger partial charge in [-0.1, -0.05) is 32.9 Å². The number of anilines is 1. The lowest BCUT2D eigenvalue weighted by Gasteiger charge is -2.28. The average molecular weight is 262 g/mol. The third-order valence-electron chi connectivity index (χ3n) is 3.78. The summed E-state index contributed by atoms with van der Waals surface area (Å²) in [5.74, 6) is 0.741. The molecule has 2 atom stereocenters. The van der Waals surface area contributed by atoms with Crippen molar-refractivity contribution in [3.8, 4) is 0 Å². The second-order valence-electron chi connectivity index (χ2n) is 5.96. The maximum atomic E-state index is 3.45. The first-order chi connectivity index (χ1) is 8.95. The van der Waals surface area contributed by atoms with Crippen molar-refractivity contribution in [2.24, 2.45) is 5.92 Å². The second kappa shape index (κ2) is 7.54. The normalized spacial score (nSPS) is 14.5. The predicted molar refractivity (Wildman–Crippen MR) is 85.9 cm³/mol. The highest BCUT2D eigenvalue weighted by Crippen LogP contribution is 2.21. The molecule has 0 amide bonds. The summed E-state index contributed by atoms with van der Waals surface area (Å²) < 4.78 is 0. The van der Waals surface area contributed by atoms with Gasteiger partial charge in [-0.05, 0) is 50.4 Å². The summed E-state index contributed by atoms with van der Waals surface area (Å²) in [6.07, 6.45) is 1.23. The van der Waals surface area contributed by atoms with Gasteiger partial charge in [-0.3, -0.25) is 0 Å². The van der Waals surface area contributed by atoms with Gasteiger partial charge in [-0.2, -0.15) is 0 Å². The van der Waals surface area contributed by atoms with Gasteiger partial charge in [0.25, 0.3) is 0 Å². The van der Waals surface area contributed by atoms with Gasteiger partial charge in [0.1, 0.15) is 0 Å². The number of nitrogens with one attached hydrogen (secondary N) is 1. The van der Waals surface area contributed by atoms with Crippen LogP contribution < -0.4 is 10.2 Å². The second-order valence-corrected chi connectivity index (χ2v) is 5.96. The highest BCUT2D eigenvalue weighted by Gasteiger charge is 2.12. The van der Waals surface area contributed by atoms with Crippen LogP contribution in [0, 0.1) is 5.92 Å².